The summed E-state index contributed by atoms with van der Waals surface area (Å²) >= 11 is 6.20. The Labute approximate surface area is 140 Å². The van der Waals surface area contributed by atoms with Gasteiger partial charge in [-0.3, -0.25) is 0 Å². The van der Waals surface area contributed by atoms with E-state index in [0.29, 0.717) is 34.7 Å². The van der Waals surface area contributed by atoms with Gasteiger partial charge in [-0.1, -0.05) is 11.6 Å². The van der Waals surface area contributed by atoms with Crippen LogP contribution in [0.5, 0.6) is 5.75 Å². The van der Waals surface area contributed by atoms with E-state index >= 15 is 0 Å². The number of halogens is 4. The second kappa shape index (κ2) is 6.24. The topological polar surface area (TPSA) is 60.2 Å². The highest BCUT2D eigenvalue weighted by Gasteiger charge is 2.30. The highest BCUT2D eigenvalue weighted by Crippen LogP contribution is 2.24. The predicted octanol–water partition coefficient (Wildman–Crippen LogP) is 2.93. The fraction of sp³-hybridized carbons (Fsp3) is 0.188. The molecule has 3 N–H and O–H groups in total. The molecule has 0 unspecified atom stereocenters. The van der Waals surface area contributed by atoms with Gasteiger partial charge in [-0.2, -0.15) is 0 Å². The van der Waals surface area contributed by atoms with Crippen LogP contribution < -0.4 is 26.4 Å². The number of benzene rings is 1. The van der Waals surface area contributed by atoms with Gasteiger partial charge in [-0.05, 0) is 49.2 Å². The van der Waals surface area contributed by atoms with Gasteiger partial charge in [-0.15, -0.1) is 13.2 Å². The summed E-state index contributed by atoms with van der Waals surface area (Å²) < 4.78 is 40.3. The summed E-state index contributed by atoms with van der Waals surface area (Å²) in [7, 11) is 0. The first kappa shape index (κ1) is 16.4. The van der Waals surface area contributed by atoms with Crippen LogP contribution in [0.3, 0.4) is 0 Å². The van der Waals surface area contributed by atoms with Crippen molar-refractivity contribution in [3.8, 4) is 5.75 Å². The van der Waals surface area contributed by atoms with E-state index in [1.165, 1.54) is 24.3 Å². The molecule has 0 amide bonds. The van der Waals surface area contributed by atoms with Crippen LogP contribution in [-0.4, -0.2) is 11.3 Å². The van der Waals surface area contributed by atoms with Crippen molar-refractivity contribution in [1.82, 2.24) is 4.98 Å². The molecule has 0 saturated carbocycles. The number of hydrogen-bond acceptors (Lipinski definition) is 4. The standard InChI is InChI=1S/C16H13ClF3N3O/c17-12-6-7-13(21)11-5-8-14(23-15(11)12)22-9-1-3-10(4-2-9)24-16(18,19)20/h1-5,8H,6-7,21H2,(H,22,23). The van der Waals surface area contributed by atoms with Gasteiger partial charge in [0.25, 0.3) is 0 Å². The summed E-state index contributed by atoms with van der Waals surface area (Å²) in [6.07, 6.45) is -3.38. The monoisotopic (exact) mass is 355 g/mol. The molecule has 8 heteroatoms. The van der Waals surface area contributed by atoms with Crippen molar-refractivity contribution >= 4 is 33.8 Å². The maximum Gasteiger partial charge on any atom is 0.573 e. The molecule has 0 aliphatic heterocycles. The number of rotatable bonds is 3. The Hall–Kier alpha value is -2.41. The first-order chi connectivity index (χ1) is 11.3. The van der Waals surface area contributed by atoms with Gasteiger partial charge in [0.15, 0.2) is 0 Å². The minimum atomic E-state index is -4.71. The summed E-state index contributed by atoms with van der Waals surface area (Å²) in [5.74, 6) is 0.233. The molecular formula is C16H13ClF3N3O. The number of fused-ring (bicyclic) bond motifs is 1. The van der Waals surface area contributed by atoms with Crippen LogP contribution in [0.25, 0.3) is 10.7 Å². The maximum atomic E-state index is 12.1. The summed E-state index contributed by atoms with van der Waals surface area (Å²) in [6.45, 7) is 0. The summed E-state index contributed by atoms with van der Waals surface area (Å²) in [6, 6.07) is 8.93. The Morgan fingerprint density at radius 1 is 1.08 bits per heavy atom. The highest BCUT2D eigenvalue weighted by atomic mass is 35.5. The molecule has 3 rings (SSSR count). The van der Waals surface area contributed by atoms with Crippen LogP contribution >= 0.6 is 11.6 Å². The van der Waals surface area contributed by atoms with E-state index < -0.39 is 6.36 Å². The van der Waals surface area contributed by atoms with Crippen molar-refractivity contribution in [3.05, 3.63) is 47.0 Å². The summed E-state index contributed by atoms with van der Waals surface area (Å²) in [5.41, 5.74) is 7.27. The molecule has 0 radical (unpaired) electrons. The number of ether oxygens (including phenoxy) is 1. The maximum absolute atomic E-state index is 12.1. The highest BCUT2D eigenvalue weighted by molar-refractivity contribution is 6.45. The molecule has 0 bridgehead atoms. The van der Waals surface area contributed by atoms with Crippen molar-refractivity contribution in [2.45, 2.75) is 19.2 Å². The number of nitrogens with one attached hydrogen (secondary N) is 1. The minimum absolute atomic E-state index is 0.287. The van der Waals surface area contributed by atoms with Gasteiger partial charge in [-0.25, -0.2) is 4.98 Å². The number of aromatic nitrogens is 1. The molecule has 0 fully saturated rings. The molecular weight excluding hydrogens is 343 g/mol. The van der Waals surface area contributed by atoms with Gasteiger partial charge in [0.2, 0.25) is 0 Å². The second-order valence-electron chi connectivity index (χ2n) is 5.22. The zero-order chi connectivity index (χ0) is 17.3. The molecule has 0 saturated heterocycles. The van der Waals surface area contributed by atoms with Gasteiger partial charge in [0.05, 0.1) is 5.35 Å². The first-order valence-corrected chi connectivity index (χ1v) is 7.47. The number of pyridine rings is 1. The zero-order valence-electron chi connectivity index (χ0n) is 12.3. The second-order valence-corrected chi connectivity index (χ2v) is 5.68. The lowest BCUT2D eigenvalue weighted by atomic mass is 10.1. The lowest BCUT2D eigenvalue weighted by molar-refractivity contribution is -0.274. The van der Waals surface area contributed by atoms with Crippen LogP contribution in [-0.2, 0) is 0 Å². The van der Waals surface area contributed by atoms with Crippen molar-refractivity contribution < 1.29 is 17.9 Å². The van der Waals surface area contributed by atoms with E-state index in [1.807, 2.05) is 6.07 Å². The Morgan fingerprint density at radius 2 is 1.79 bits per heavy atom. The van der Waals surface area contributed by atoms with Crippen LogP contribution in [0, 0.1) is 0 Å². The molecule has 0 atom stereocenters. The van der Waals surface area contributed by atoms with Crippen LogP contribution in [0.2, 0.25) is 0 Å². The van der Waals surface area contributed by atoms with E-state index in [2.05, 4.69) is 15.0 Å². The van der Waals surface area contributed by atoms with Crippen molar-refractivity contribution in [1.29, 1.82) is 0 Å². The molecule has 4 nitrogen and oxygen atoms in total. The molecule has 1 aromatic heterocycles. The lowest BCUT2D eigenvalue weighted by Crippen LogP contribution is -2.36. The van der Waals surface area contributed by atoms with Gasteiger partial charge in [0.1, 0.15) is 11.6 Å². The quantitative estimate of drug-likeness (QED) is 0.888. The average Bonchev–Trinajstić information content (AvgIpc) is 2.52. The smallest absolute Gasteiger partial charge is 0.406 e. The fourth-order valence-electron chi connectivity index (χ4n) is 2.38. The normalized spacial score (nSPS) is 14.3. The SMILES string of the molecule is NC1=c2ccc(Nc3ccc(OC(F)(F)F)cc3)nc2=C(Cl)CC1. The number of nitrogens with two attached hydrogens (primary N) is 1. The predicted molar refractivity (Wildman–Crippen MR) is 86.0 cm³/mol. The molecule has 24 heavy (non-hydrogen) atoms. The van der Waals surface area contributed by atoms with Crippen LogP contribution in [0.4, 0.5) is 24.7 Å². The molecule has 1 aliphatic carbocycles. The largest absolute Gasteiger partial charge is 0.573 e. The number of hydrogen-bond donors (Lipinski definition) is 2. The van der Waals surface area contributed by atoms with Crippen LogP contribution in [0.15, 0.2) is 36.4 Å². The van der Waals surface area contributed by atoms with Crippen molar-refractivity contribution in [3.63, 3.8) is 0 Å². The fourth-order valence-corrected chi connectivity index (χ4v) is 2.62. The summed E-state index contributed by atoms with van der Waals surface area (Å²) in [5, 5.41) is 5.08. The third kappa shape index (κ3) is 3.73. The summed E-state index contributed by atoms with van der Waals surface area (Å²) in [4.78, 5) is 4.43. The molecule has 0 spiro atoms. The average molecular weight is 356 g/mol. The van der Waals surface area contributed by atoms with Crippen molar-refractivity contribution in [2.24, 2.45) is 5.73 Å². The Balaban J connectivity index is 1.84. The van der Waals surface area contributed by atoms with E-state index in [0.717, 1.165) is 10.9 Å². The van der Waals surface area contributed by atoms with E-state index in [-0.39, 0.29) is 5.75 Å². The minimum Gasteiger partial charge on any atom is -0.406 e. The molecule has 2 aromatic rings. The number of nitrogens with zero attached hydrogens (tertiary/aromatic N) is 1. The van der Waals surface area contributed by atoms with Gasteiger partial charge < -0.3 is 15.8 Å². The number of anilines is 2. The van der Waals surface area contributed by atoms with Gasteiger partial charge in [0, 0.05) is 21.6 Å². The molecule has 1 aromatic carbocycles. The Morgan fingerprint density at radius 3 is 2.46 bits per heavy atom. The molecule has 1 heterocycles. The molecule has 126 valence electrons. The third-order valence-corrected chi connectivity index (χ3v) is 3.84. The first-order valence-electron chi connectivity index (χ1n) is 7.09. The lowest BCUT2D eigenvalue weighted by Gasteiger charge is -2.12. The zero-order valence-corrected chi connectivity index (χ0v) is 13.1. The Bertz CT molecular complexity index is 879. The van der Waals surface area contributed by atoms with Gasteiger partial charge >= 0.3 is 6.36 Å². The Kier molecular flexibility index (Phi) is 4.28. The van der Waals surface area contributed by atoms with E-state index in [9.17, 15) is 13.2 Å². The van der Waals surface area contributed by atoms with E-state index in [1.54, 1.807) is 6.07 Å². The number of alkyl halides is 3. The molecule has 1 aliphatic rings. The van der Waals surface area contributed by atoms with Crippen LogP contribution in [0.1, 0.15) is 12.8 Å². The van der Waals surface area contributed by atoms with E-state index in [4.69, 9.17) is 17.3 Å². The third-order valence-electron chi connectivity index (χ3n) is 3.47. The van der Waals surface area contributed by atoms with Crippen molar-refractivity contribution in [2.75, 3.05) is 5.32 Å².